The van der Waals surface area contributed by atoms with E-state index in [1.807, 2.05) is 12.3 Å². The van der Waals surface area contributed by atoms with Crippen molar-refractivity contribution in [2.45, 2.75) is 89.9 Å². The number of H-pyrrole nitrogens is 5. The smallest absolute Gasteiger partial charge is 0.309 e. The van der Waals surface area contributed by atoms with Crippen molar-refractivity contribution in [1.29, 1.82) is 0 Å². The summed E-state index contributed by atoms with van der Waals surface area (Å²) < 4.78 is 0. The number of allylic oxidation sites excluding steroid dienone is 1. The number of amides is 8. The van der Waals surface area contributed by atoms with Crippen molar-refractivity contribution in [1.82, 2.24) is 92.4 Å². The molecule has 6 aromatic rings. The Balaban J connectivity index is 0.000000192. The van der Waals surface area contributed by atoms with Crippen LogP contribution in [0.3, 0.4) is 0 Å². The van der Waals surface area contributed by atoms with Gasteiger partial charge in [-0.15, -0.1) is 0 Å². The molecule has 0 aliphatic carbocycles. The normalized spacial score (nSPS) is 12.3. The van der Waals surface area contributed by atoms with Gasteiger partial charge in [0.1, 0.15) is 12.3 Å². The van der Waals surface area contributed by atoms with Crippen molar-refractivity contribution in [2.75, 3.05) is 58.9 Å². The molecule has 8 amide bonds. The number of hydrogen-bond acceptors (Lipinski definition) is 17. The van der Waals surface area contributed by atoms with Crippen molar-refractivity contribution in [2.24, 2.45) is 20.0 Å². The Morgan fingerprint density at radius 3 is 1.30 bits per heavy atom. The van der Waals surface area contributed by atoms with Gasteiger partial charge in [0.15, 0.2) is 0 Å². The molecule has 0 radical (unpaired) electrons. The summed E-state index contributed by atoms with van der Waals surface area (Å²) in [4.78, 5) is 145. The molecule has 0 spiro atoms. The van der Waals surface area contributed by atoms with Crippen molar-refractivity contribution < 1.29 is 38.4 Å². The number of imidazole rings is 5. The molecule has 13 N–H and O–H groups in total. The van der Waals surface area contributed by atoms with Gasteiger partial charge in [0.2, 0.25) is 23.6 Å². The second-order valence-electron chi connectivity index (χ2n) is 20.1. The Morgan fingerprint density at radius 1 is 0.456 bits per heavy atom. The lowest BCUT2D eigenvalue weighted by atomic mass is 10.1. The third-order valence-corrected chi connectivity index (χ3v) is 13.1. The molecule has 0 saturated carbocycles. The Labute approximate surface area is 519 Å². The SMILES string of the molecule is O=C(CC(=O)NCCc1cnc[nH]1)NCCc1cnc[nH]1.O=C(CCCC(=O)NCCC1=NCC=N1)NCCC1=NC=CC1.O=C(NCCC1=CN=CC1)C(=O)NCCc1cnc[nH]1.O=C(NCCc1cnc[nH]1)c1cccc(C(=O)NCCc2cnc[nH]2)c1. The number of nitrogens with zero attached hydrogens (tertiary/aromatic N) is 9. The van der Waals surface area contributed by atoms with E-state index in [-0.39, 0.29) is 41.9 Å². The van der Waals surface area contributed by atoms with E-state index in [2.05, 4.69) is 112 Å². The number of amidine groups is 1. The first-order chi connectivity index (χ1) is 43.9. The fourth-order valence-electron chi connectivity index (χ4n) is 8.32. The molecule has 9 rings (SSSR count). The Morgan fingerprint density at radius 2 is 0.889 bits per heavy atom. The monoisotopic (exact) mass is 1230 g/mol. The number of aromatic nitrogens is 10. The molecular formula is C60H78N22O8. The number of carbonyl (C=O) groups excluding carboxylic acids is 8. The van der Waals surface area contributed by atoms with E-state index in [1.54, 1.807) is 106 Å². The van der Waals surface area contributed by atoms with E-state index in [4.69, 9.17) is 0 Å². The van der Waals surface area contributed by atoms with Crippen LogP contribution in [0.1, 0.15) is 107 Å². The minimum absolute atomic E-state index is 0.0148. The first-order valence-electron chi connectivity index (χ1n) is 29.6. The second kappa shape index (κ2) is 40.5. The van der Waals surface area contributed by atoms with E-state index in [0.717, 1.165) is 64.9 Å². The number of benzene rings is 1. The molecular weight excluding hydrogens is 1160 g/mol. The summed E-state index contributed by atoms with van der Waals surface area (Å²) in [6.07, 6.45) is 33.9. The lowest BCUT2D eigenvalue weighted by Gasteiger charge is -2.07. The molecule has 476 valence electrons. The van der Waals surface area contributed by atoms with Crippen molar-refractivity contribution in [3.05, 3.63) is 151 Å². The van der Waals surface area contributed by atoms with Crippen LogP contribution < -0.4 is 42.5 Å². The lowest BCUT2D eigenvalue weighted by Crippen LogP contribution is -2.41. The van der Waals surface area contributed by atoms with Crippen LogP contribution in [0.25, 0.3) is 0 Å². The summed E-state index contributed by atoms with van der Waals surface area (Å²) in [6.45, 7) is 4.55. The third-order valence-electron chi connectivity index (χ3n) is 13.1. The Kier molecular flexibility index (Phi) is 30.8. The molecule has 0 unspecified atom stereocenters. The highest BCUT2D eigenvalue weighted by Gasteiger charge is 2.15. The van der Waals surface area contributed by atoms with Crippen LogP contribution in [0.2, 0.25) is 0 Å². The molecule has 0 saturated heterocycles. The molecule has 0 fully saturated rings. The number of rotatable bonds is 32. The van der Waals surface area contributed by atoms with Crippen molar-refractivity contribution in [3.63, 3.8) is 0 Å². The standard InChI is InChI=1S/C18H20N6O2.C16H23N5O2.C13H18N6O2.C13H17N5O2/c25-17(21-6-4-15-9-19-11-23-15)13-2-1-3-14(8-13)18(26)22-7-5-16-10-20-12-24-16;22-15(20-9-6-13-3-2-8-17-13)4-1-5-16(23)21-10-7-14-18-11-12-19-14;20-12(16-3-1-10-6-14-8-18-10)5-13(21)17-4-2-11-7-15-9-19-11;19-12(16-5-2-10-1-4-14-7-10)13(20)17-6-3-11-8-15-9-18-11/h1-3,8-12H,4-7H2,(H,19,23)(H,20,24)(H,21,25)(H,22,26);2,8,11H,1,3-7,9-10,12H2,(H,20,22)(H,21,23);6-9H,1-5H2,(H,14,18)(H,15,19)(H,16,20)(H,17,21);4,7-9H,1-3,5-6H2,(H,15,18)(H,16,19)(H,17,20). The molecule has 3 aliphatic rings. The Bertz CT molecular complexity index is 3210. The van der Waals surface area contributed by atoms with Gasteiger partial charge in [-0.3, -0.25) is 53.3 Å². The van der Waals surface area contributed by atoms with Gasteiger partial charge in [-0.25, -0.2) is 29.9 Å². The maximum atomic E-state index is 12.2. The first kappa shape index (κ1) is 68.3. The van der Waals surface area contributed by atoms with Crippen molar-refractivity contribution in [3.8, 4) is 0 Å². The highest BCUT2D eigenvalue weighted by molar-refractivity contribution is 6.35. The van der Waals surface area contributed by atoms with Gasteiger partial charge in [-0.1, -0.05) is 12.1 Å². The number of aliphatic imine (C=N–C) groups is 4. The maximum absolute atomic E-state index is 12.2. The average molecular weight is 1240 g/mol. The maximum Gasteiger partial charge on any atom is 0.309 e. The zero-order valence-corrected chi connectivity index (χ0v) is 50.0. The Hall–Kier alpha value is -10.8. The highest BCUT2D eigenvalue weighted by Crippen LogP contribution is 2.10. The van der Waals surface area contributed by atoms with Crippen LogP contribution in [0.5, 0.6) is 0 Å². The second-order valence-corrected chi connectivity index (χ2v) is 20.1. The van der Waals surface area contributed by atoms with E-state index in [1.165, 1.54) is 0 Å². The number of carbonyl (C=O) groups is 8. The van der Waals surface area contributed by atoms with E-state index >= 15 is 0 Å². The van der Waals surface area contributed by atoms with Crippen LogP contribution in [-0.2, 0) is 60.9 Å². The summed E-state index contributed by atoms with van der Waals surface area (Å²) in [6, 6.07) is 6.67. The molecule has 0 atom stereocenters. The summed E-state index contributed by atoms with van der Waals surface area (Å²) in [5.41, 5.74) is 7.88. The third kappa shape index (κ3) is 28.6. The largest absolute Gasteiger partial charge is 0.356 e. The fourth-order valence-corrected chi connectivity index (χ4v) is 8.32. The van der Waals surface area contributed by atoms with E-state index < -0.39 is 11.8 Å². The zero-order chi connectivity index (χ0) is 63.6. The molecule has 30 heteroatoms. The van der Waals surface area contributed by atoms with Gasteiger partial charge >= 0.3 is 11.8 Å². The van der Waals surface area contributed by atoms with Gasteiger partial charge < -0.3 is 67.5 Å². The summed E-state index contributed by atoms with van der Waals surface area (Å²) in [5, 5.41) is 21.9. The lowest BCUT2D eigenvalue weighted by molar-refractivity contribution is -0.139. The predicted molar refractivity (Wildman–Crippen MR) is 336 cm³/mol. The van der Waals surface area contributed by atoms with Crippen LogP contribution in [0, 0.1) is 0 Å². The number of hydrogen-bond donors (Lipinski definition) is 13. The van der Waals surface area contributed by atoms with E-state index in [0.29, 0.717) is 134 Å². The highest BCUT2D eigenvalue weighted by atomic mass is 16.2. The van der Waals surface area contributed by atoms with Gasteiger partial charge in [0.25, 0.3) is 11.8 Å². The van der Waals surface area contributed by atoms with Crippen LogP contribution in [-0.4, -0.2) is 180 Å². The zero-order valence-electron chi connectivity index (χ0n) is 50.0. The summed E-state index contributed by atoms with van der Waals surface area (Å²) in [7, 11) is 0. The van der Waals surface area contributed by atoms with Crippen LogP contribution in [0.15, 0.2) is 131 Å². The van der Waals surface area contributed by atoms with Gasteiger partial charge in [0, 0.05) is 224 Å². The molecule has 3 aliphatic heterocycles. The average Bonchev–Trinajstić information content (AvgIpc) is 4.49. The molecule has 8 heterocycles. The molecule has 5 aromatic heterocycles. The van der Waals surface area contributed by atoms with Crippen LogP contribution >= 0.6 is 0 Å². The quantitative estimate of drug-likeness (QED) is 0.0211. The summed E-state index contributed by atoms with van der Waals surface area (Å²) >= 11 is 0. The fraction of sp³-hybridized carbons (Fsp3) is 0.383. The molecule has 1 aromatic carbocycles. The topological polar surface area (TPSA) is 426 Å². The number of nitrogens with one attached hydrogen (secondary N) is 13. The molecule has 90 heavy (non-hydrogen) atoms. The summed E-state index contributed by atoms with van der Waals surface area (Å²) in [5.74, 6) is -1.47. The van der Waals surface area contributed by atoms with E-state index in [9.17, 15) is 38.4 Å². The molecule has 30 nitrogen and oxygen atoms in total. The van der Waals surface area contributed by atoms with Gasteiger partial charge in [0.05, 0.1) is 38.2 Å². The minimum Gasteiger partial charge on any atom is -0.356 e. The van der Waals surface area contributed by atoms with Crippen LogP contribution in [0.4, 0.5) is 0 Å². The first-order valence-corrected chi connectivity index (χ1v) is 29.6. The molecule has 0 bridgehead atoms. The van der Waals surface area contributed by atoms with Gasteiger partial charge in [-0.05, 0) is 36.6 Å². The number of aromatic amines is 5. The van der Waals surface area contributed by atoms with Crippen molar-refractivity contribution >= 4 is 71.2 Å². The predicted octanol–water partition coefficient (Wildman–Crippen LogP) is 1.56. The van der Waals surface area contributed by atoms with Gasteiger partial charge in [-0.2, -0.15) is 0 Å². The minimum atomic E-state index is -0.610.